The Morgan fingerprint density at radius 3 is 1.66 bits per heavy atom. The molecule has 0 radical (unpaired) electrons. The van der Waals surface area contributed by atoms with Gasteiger partial charge in [-0.15, -0.1) is 0 Å². The molecule has 0 saturated heterocycles. The molecule has 2 aromatic heterocycles. The van der Waals surface area contributed by atoms with E-state index in [-0.39, 0.29) is 0 Å². The van der Waals surface area contributed by atoms with Crippen LogP contribution in [0, 0.1) is 0 Å². The lowest BCUT2D eigenvalue weighted by Gasteiger charge is -2.09. The molecule has 0 N–H and O–H groups in total. The third kappa shape index (κ3) is 6.18. The fourth-order valence-electron chi connectivity index (χ4n) is 2.63. The fourth-order valence-corrected chi connectivity index (χ4v) is 4.15. The van der Waals surface area contributed by atoms with Crippen molar-refractivity contribution in [2.24, 2.45) is 0 Å². The lowest BCUT2D eigenvalue weighted by atomic mass is 10.1. The maximum Gasteiger partial charge on any atom is 0.157 e. The molecule has 2 aromatic carbocycles. The van der Waals surface area contributed by atoms with Crippen molar-refractivity contribution in [1.29, 1.82) is 0 Å². The number of ether oxygens (including phenoxy) is 1. The van der Waals surface area contributed by atoms with Crippen molar-refractivity contribution >= 4 is 60.4 Å². The first kappa shape index (κ1) is 24.0. The van der Waals surface area contributed by atoms with Gasteiger partial charge in [-0.25, -0.2) is 0 Å². The molecule has 0 aliphatic rings. The molecule has 0 bridgehead atoms. The van der Waals surface area contributed by atoms with E-state index in [0.29, 0.717) is 36.0 Å². The molecule has 32 heavy (non-hydrogen) atoms. The third-order valence-electron chi connectivity index (χ3n) is 4.22. The van der Waals surface area contributed by atoms with Gasteiger partial charge in [-0.2, -0.15) is 0 Å². The highest BCUT2D eigenvalue weighted by Gasteiger charge is 2.09. The van der Waals surface area contributed by atoms with E-state index < -0.39 is 0 Å². The second kappa shape index (κ2) is 11.8. The Labute approximate surface area is 210 Å². The zero-order valence-corrected chi connectivity index (χ0v) is 21.2. The summed E-state index contributed by atoms with van der Waals surface area (Å²) in [5.74, 6) is 1.08. The van der Waals surface area contributed by atoms with Crippen molar-refractivity contribution < 1.29 is 14.3 Å². The molecular formula is C24H15Br3N2O3. The van der Waals surface area contributed by atoms with Gasteiger partial charge in [0.25, 0.3) is 0 Å². The van der Waals surface area contributed by atoms with Gasteiger partial charge in [0.15, 0.2) is 18.3 Å². The van der Waals surface area contributed by atoms with Crippen molar-refractivity contribution in [3.05, 3.63) is 104 Å². The predicted molar refractivity (Wildman–Crippen MR) is 134 cm³/mol. The molecule has 0 aliphatic heterocycles. The Bertz CT molecular complexity index is 1200. The molecule has 2 heterocycles. The molecule has 0 saturated carbocycles. The number of carbonyl (C=O) groups is 2. The summed E-state index contributed by atoms with van der Waals surface area (Å²) in [6, 6.07) is 17.8. The number of aromatic nitrogens is 2. The van der Waals surface area contributed by atoms with Crippen LogP contribution in [0.3, 0.4) is 0 Å². The molecule has 0 spiro atoms. The van der Waals surface area contributed by atoms with E-state index in [2.05, 4.69) is 69.9 Å². The molecular weight excluding hydrogens is 604 g/mol. The molecule has 4 aromatic rings. The number of pyridine rings is 2. The average molecular weight is 619 g/mol. The highest BCUT2D eigenvalue weighted by Crippen LogP contribution is 2.29. The van der Waals surface area contributed by atoms with Crippen molar-refractivity contribution in [3.63, 3.8) is 0 Å². The van der Waals surface area contributed by atoms with Crippen LogP contribution < -0.4 is 4.74 Å². The molecule has 160 valence electrons. The molecule has 0 aliphatic carbocycles. The van der Waals surface area contributed by atoms with Gasteiger partial charge >= 0.3 is 0 Å². The largest absolute Gasteiger partial charge is 0.455 e. The minimum atomic E-state index is 0.428. The first-order valence-electron chi connectivity index (χ1n) is 9.19. The van der Waals surface area contributed by atoms with Crippen LogP contribution in [0.4, 0.5) is 0 Å². The van der Waals surface area contributed by atoms with Crippen LogP contribution in [0.5, 0.6) is 11.5 Å². The van der Waals surface area contributed by atoms with E-state index in [1.807, 2.05) is 42.5 Å². The maximum atomic E-state index is 11.1. The van der Waals surface area contributed by atoms with Crippen LogP contribution in [0.25, 0.3) is 11.1 Å². The zero-order chi connectivity index (χ0) is 22.9. The molecule has 0 fully saturated rings. The molecule has 8 heteroatoms. The van der Waals surface area contributed by atoms with Crippen LogP contribution in [0.2, 0.25) is 0 Å². The van der Waals surface area contributed by atoms with Gasteiger partial charge in [0.2, 0.25) is 0 Å². The van der Waals surface area contributed by atoms with Crippen LogP contribution in [0.1, 0.15) is 20.7 Å². The van der Waals surface area contributed by atoms with E-state index in [9.17, 15) is 9.59 Å². The summed E-state index contributed by atoms with van der Waals surface area (Å²) in [6.07, 6.45) is 7.77. The SMILES string of the molecule is O=Cc1c(Br)cncc1Br.O=Cc1c(Br)cncc1Oc1ccc(-c2ccccc2)cc1. The van der Waals surface area contributed by atoms with Crippen LogP contribution >= 0.6 is 47.8 Å². The van der Waals surface area contributed by atoms with E-state index in [0.717, 1.165) is 23.7 Å². The monoisotopic (exact) mass is 616 g/mol. The Balaban J connectivity index is 0.000000243. The second-order valence-corrected chi connectivity index (χ2v) is 8.84. The standard InChI is InChI=1S/C18H12BrNO2.C6H3Br2NO/c19-17-10-20-11-18(16(17)12-21)22-15-8-6-14(7-9-15)13-4-2-1-3-5-13;7-5-1-9-2-6(8)4(5)3-10/h1-12H;1-3H. The number of hydrogen-bond acceptors (Lipinski definition) is 5. The Kier molecular flexibility index (Phi) is 8.84. The van der Waals surface area contributed by atoms with E-state index in [4.69, 9.17) is 4.74 Å². The van der Waals surface area contributed by atoms with Gasteiger partial charge in [-0.3, -0.25) is 19.6 Å². The lowest BCUT2D eigenvalue weighted by molar-refractivity contribution is 0.111. The summed E-state index contributed by atoms with van der Waals surface area (Å²) >= 11 is 9.66. The summed E-state index contributed by atoms with van der Waals surface area (Å²) < 4.78 is 7.77. The highest BCUT2D eigenvalue weighted by molar-refractivity contribution is 9.11. The quantitative estimate of drug-likeness (QED) is 0.216. The number of hydrogen-bond donors (Lipinski definition) is 0. The number of nitrogens with zero attached hydrogens (tertiary/aromatic N) is 2. The van der Waals surface area contributed by atoms with E-state index >= 15 is 0 Å². The van der Waals surface area contributed by atoms with Crippen molar-refractivity contribution in [2.75, 3.05) is 0 Å². The van der Waals surface area contributed by atoms with Crippen molar-refractivity contribution in [3.8, 4) is 22.6 Å². The minimum Gasteiger partial charge on any atom is -0.455 e. The van der Waals surface area contributed by atoms with Crippen LogP contribution in [-0.2, 0) is 0 Å². The van der Waals surface area contributed by atoms with E-state index in [1.165, 1.54) is 6.20 Å². The van der Waals surface area contributed by atoms with Crippen molar-refractivity contribution in [1.82, 2.24) is 9.97 Å². The number of halogens is 3. The van der Waals surface area contributed by atoms with Gasteiger partial charge in [0.05, 0.1) is 16.2 Å². The Hall–Kier alpha value is -2.68. The summed E-state index contributed by atoms with van der Waals surface area (Å²) in [7, 11) is 0. The predicted octanol–water partition coefficient (Wildman–Crippen LogP) is 7.54. The van der Waals surface area contributed by atoms with Crippen LogP contribution in [0.15, 0.2) is 92.8 Å². The van der Waals surface area contributed by atoms with Gasteiger partial charge in [-0.1, -0.05) is 42.5 Å². The third-order valence-corrected chi connectivity index (χ3v) is 6.11. The Morgan fingerprint density at radius 1 is 0.625 bits per heavy atom. The summed E-state index contributed by atoms with van der Waals surface area (Å²) in [5.41, 5.74) is 3.29. The average Bonchev–Trinajstić information content (AvgIpc) is 2.81. The minimum absolute atomic E-state index is 0.428. The lowest BCUT2D eigenvalue weighted by Crippen LogP contribution is -1.93. The number of carbonyl (C=O) groups excluding carboxylic acids is 2. The number of benzene rings is 2. The molecule has 0 amide bonds. The highest BCUT2D eigenvalue weighted by atomic mass is 79.9. The number of aldehydes is 2. The first-order chi connectivity index (χ1) is 15.5. The topological polar surface area (TPSA) is 69.2 Å². The van der Waals surface area contributed by atoms with Gasteiger partial charge < -0.3 is 4.74 Å². The molecule has 0 unspecified atom stereocenters. The first-order valence-corrected chi connectivity index (χ1v) is 11.6. The zero-order valence-electron chi connectivity index (χ0n) is 16.4. The molecule has 5 nitrogen and oxygen atoms in total. The van der Waals surface area contributed by atoms with E-state index in [1.54, 1.807) is 18.6 Å². The van der Waals surface area contributed by atoms with Gasteiger partial charge in [-0.05, 0) is 71.0 Å². The van der Waals surface area contributed by atoms with Crippen molar-refractivity contribution in [2.45, 2.75) is 0 Å². The second-order valence-electron chi connectivity index (χ2n) is 6.28. The Morgan fingerprint density at radius 2 is 1.12 bits per heavy atom. The van der Waals surface area contributed by atoms with Gasteiger partial charge in [0, 0.05) is 33.1 Å². The van der Waals surface area contributed by atoms with Crippen LogP contribution in [-0.4, -0.2) is 22.5 Å². The normalized spacial score (nSPS) is 9.97. The number of rotatable bonds is 5. The fraction of sp³-hybridized carbons (Fsp3) is 0. The summed E-state index contributed by atoms with van der Waals surface area (Å²) in [4.78, 5) is 29.4. The maximum absolute atomic E-state index is 11.1. The molecule has 4 rings (SSSR count). The summed E-state index contributed by atoms with van der Waals surface area (Å²) in [6.45, 7) is 0. The molecule has 0 atom stereocenters. The smallest absolute Gasteiger partial charge is 0.157 e. The van der Waals surface area contributed by atoms with Gasteiger partial charge in [0.1, 0.15) is 5.75 Å². The summed E-state index contributed by atoms with van der Waals surface area (Å²) in [5, 5.41) is 0.